The van der Waals surface area contributed by atoms with Gasteiger partial charge in [-0.3, -0.25) is 0 Å². The number of hydrogen-bond donors (Lipinski definition) is 0. The largest absolute Gasteiger partial charge is 0.118 e. The van der Waals surface area contributed by atoms with Crippen LogP contribution in [-0.4, -0.2) is 4.33 Å². The minimum atomic E-state index is -0.377. The number of hydrogen-bond acceptors (Lipinski definition) is 0. The third-order valence-corrected chi connectivity index (χ3v) is 2.34. The van der Waals surface area contributed by atoms with Crippen LogP contribution in [0.25, 0.3) is 0 Å². The maximum Gasteiger partial charge on any atom is 0.118 e. The molecule has 1 saturated carbocycles. The van der Waals surface area contributed by atoms with Crippen LogP contribution in [0.3, 0.4) is 0 Å². The molecule has 0 radical (unpaired) electrons. The van der Waals surface area contributed by atoms with Gasteiger partial charge in [-0.25, -0.2) is 0 Å². The van der Waals surface area contributed by atoms with Gasteiger partial charge in [0.25, 0.3) is 0 Å². The molecule has 1 aliphatic rings. The molecule has 3 heteroatoms. The van der Waals surface area contributed by atoms with Crippen molar-refractivity contribution < 1.29 is 21.1 Å². The fraction of sp³-hybridized carbons (Fsp3) is 1.00. The zero-order valence-electron chi connectivity index (χ0n) is 5.11. The molecule has 9 heavy (non-hydrogen) atoms. The second kappa shape index (κ2) is 4.21. The van der Waals surface area contributed by atoms with E-state index in [0.717, 1.165) is 12.8 Å². The van der Waals surface area contributed by atoms with Crippen molar-refractivity contribution in [1.82, 2.24) is 0 Å². The summed E-state index contributed by atoms with van der Waals surface area (Å²) in [5.74, 6) is 0. The summed E-state index contributed by atoms with van der Waals surface area (Å²) in [4.78, 5) is 0. The minimum absolute atomic E-state index is 0. The van der Waals surface area contributed by atoms with Crippen LogP contribution in [0.2, 0.25) is 0 Å². The molecule has 0 N–H and O–H groups in total. The van der Waals surface area contributed by atoms with Crippen LogP contribution in [0.1, 0.15) is 32.1 Å². The van der Waals surface area contributed by atoms with E-state index in [9.17, 15) is 0 Å². The number of rotatable bonds is 0. The summed E-state index contributed by atoms with van der Waals surface area (Å²) < 4.78 is -0.377. The van der Waals surface area contributed by atoms with E-state index in [1.165, 1.54) is 19.3 Å². The number of alkyl halides is 2. The molecule has 1 fully saturated rings. The van der Waals surface area contributed by atoms with Crippen LogP contribution < -0.4 is 0 Å². The van der Waals surface area contributed by atoms with Gasteiger partial charge in [0.1, 0.15) is 4.33 Å². The standard InChI is InChI=1S/C6H10Cl2.Pt/c7-6(8)4-2-1-3-5-6;/h1-5H2;. The SMILES string of the molecule is ClC1(Cl)CCCCC1.[Pt]. The fourth-order valence-corrected chi connectivity index (χ4v) is 1.60. The summed E-state index contributed by atoms with van der Waals surface area (Å²) in [6.45, 7) is 0. The van der Waals surface area contributed by atoms with E-state index in [4.69, 9.17) is 23.2 Å². The second-order valence-electron chi connectivity index (χ2n) is 2.42. The Labute approximate surface area is 80.6 Å². The zero-order valence-corrected chi connectivity index (χ0v) is 8.89. The molecule has 0 spiro atoms. The zero-order chi connectivity index (χ0) is 6.04. The fourth-order valence-electron chi connectivity index (χ4n) is 1.07. The van der Waals surface area contributed by atoms with Crippen LogP contribution in [-0.2, 0) is 21.1 Å². The van der Waals surface area contributed by atoms with Crippen molar-refractivity contribution in [1.29, 1.82) is 0 Å². The van der Waals surface area contributed by atoms with Gasteiger partial charge in [0.05, 0.1) is 0 Å². The predicted octanol–water partition coefficient (Wildman–Crippen LogP) is 3.12. The molecule has 1 aliphatic carbocycles. The van der Waals surface area contributed by atoms with Crippen molar-refractivity contribution in [3.05, 3.63) is 0 Å². The molecule has 58 valence electrons. The molecule has 0 atom stereocenters. The topological polar surface area (TPSA) is 0 Å². The first-order valence-electron chi connectivity index (χ1n) is 3.09. The Morgan fingerprint density at radius 3 is 1.56 bits per heavy atom. The minimum Gasteiger partial charge on any atom is -0.102 e. The van der Waals surface area contributed by atoms with Crippen molar-refractivity contribution in [2.75, 3.05) is 0 Å². The summed E-state index contributed by atoms with van der Waals surface area (Å²) in [6.07, 6.45) is 5.67. The molecular formula is C6H10Cl2Pt. The Balaban J connectivity index is 0.000000640. The van der Waals surface area contributed by atoms with Gasteiger partial charge in [-0.2, -0.15) is 0 Å². The molecular weight excluding hydrogens is 338 g/mol. The molecule has 0 heterocycles. The van der Waals surface area contributed by atoms with Crippen molar-refractivity contribution in [3.8, 4) is 0 Å². The van der Waals surface area contributed by atoms with E-state index >= 15 is 0 Å². The Morgan fingerprint density at radius 1 is 0.889 bits per heavy atom. The molecule has 0 aromatic rings. The molecule has 0 aliphatic heterocycles. The van der Waals surface area contributed by atoms with Crippen LogP contribution in [0.5, 0.6) is 0 Å². The van der Waals surface area contributed by atoms with E-state index in [0.29, 0.717) is 0 Å². The Hall–Kier alpha value is 1.27. The van der Waals surface area contributed by atoms with Crippen LogP contribution >= 0.6 is 23.2 Å². The molecule has 0 saturated heterocycles. The summed E-state index contributed by atoms with van der Waals surface area (Å²) in [5.41, 5.74) is 0. The van der Waals surface area contributed by atoms with Gasteiger partial charge in [-0.15, -0.1) is 23.2 Å². The molecule has 1 rings (SSSR count). The summed E-state index contributed by atoms with van der Waals surface area (Å²) in [7, 11) is 0. The van der Waals surface area contributed by atoms with Crippen molar-refractivity contribution in [3.63, 3.8) is 0 Å². The summed E-state index contributed by atoms with van der Waals surface area (Å²) in [6, 6.07) is 0. The first kappa shape index (κ1) is 10.3. The van der Waals surface area contributed by atoms with E-state index in [1.807, 2.05) is 0 Å². The van der Waals surface area contributed by atoms with Crippen molar-refractivity contribution in [2.24, 2.45) is 0 Å². The van der Waals surface area contributed by atoms with E-state index in [-0.39, 0.29) is 25.4 Å². The third kappa shape index (κ3) is 3.86. The van der Waals surface area contributed by atoms with Crippen molar-refractivity contribution >= 4 is 23.2 Å². The van der Waals surface area contributed by atoms with Crippen LogP contribution in [0, 0.1) is 0 Å². The smallest absolute Gasteiger partial charge is 0.102 e. The second-order valence-corrected chi connectivity index (χ2v) is 4.06. The maximum atomic E-state index is 5.84. The number of halogens is 2. The molecule has 0 unspecified atom stereocenters. The monoisotopic (exact) mass is 347 g/mol. The Bertz CT molecular complexity index is 75.1. The van der Waals surface area contributed by atoms with E-state index in [1.54, 1.807) is 0 Å². The van der Waals surface area contributed by atoms with Gasteiger partial charge in [-0.05, 0) is 12.8 Å². The van der Waals surface area contributed by atoms with Gasteiger partial charge in [0.2, 0.25) is 0 Å². The van der Waals surface area contributed by atoms with Gasteiger partial charge in [0, 0.05) is 21.1 Å². The summed E-state index contributed by atoms with van der Waals surface area (Å²) in [5, 5.41) is 0. The maximum absolute atomic E-state index is 5.84. The van der Waals surface area contributed by atoms with Crippen LogP contribution in [0.15, 0.2) is 0 Å². The van der Waals surface area contributed by atoms with Gasteiger partial charge >= 0.3 is 0 Å². The van der Waals surface area contributed by atoms with Gasteiger partial charge in [0.15, 0.2) is 0 Å². The first-order valence-corrected chi connectivity index (χ1v) is 3.84. The summed E-state index contributed by atoms with van der Waals surface area (Å²) >= 11 is 11.7. The van der Waals surface area contributed by atoms with Gasteiger partial charge < -0.3 is 0 Å². The van der Waals surface area contributed by atoms with E-state index in [2.05, 4.69) is 0 Å². The van der Waals surface area contributed by atoms with Crippen LogP contribution in [0.4, 0.5) is 0 Å². The predicted molar refractivity (Wildman–Crippen MR) is 37.5 cm³/mol. The quantitative estimate of drug-likeness (QED) is 0.590. The van der Waals surface area contributed by atoms with Crippen molar-refractivity contribution in [2.45, 2.75) is 36.4 Å². The Morgan fingerprint density at radius 2 is 1.33 bits per heavy atom. The average molecular weight is 348 g/mol. The third-order valence-electron chi connectivity index (χ3n) is 1.59. The normalized spacial score (nSPS) is 24.7. The van der Waals surface area contributed by atoms with E-state index < -0.39 is 0 Å². The molecule has 0 nitrogen and oxygen atoms in total. The Kier molecular flexibility index (Phi) is 4.80. The van der Waals surface area contributed by atoms with Gasteiger partial charge in [-0.1, -0.05) is 19.3 Å². The average Bonchev–Trinajstić information content (AvgIpc) is 1.65. The molecule has 0 aromatic heterocycles. The first-order chi connectivity index (χ1) is 3.71. The molecule has 0 bridgehead atoms. The molecule has 0 aromatic carbocycles. The molecule has 0 amide bonds.